The normalized spacial score (nSPS) is 16.4. The minimum Gasteiger partial charge on any atom is -0.342 e. The second kappa shape index (κ2) is 6.10. The van der Waals surface area contributed by atoms with Gasteiger partial charge < -0.3 is 10.2 Å². The van der Waals surface area contributed by atoms with Crippen LogP contribution in [0.4, 0.5) is 8.78 Å². The van der Waals surface area contributed by atoms with Crippen molar-refractivity contribution in [3.8, 4) is 0 Å². The monoisotopic (exact) mass is 268 g/mol. The lowest BCUT2D eigenvalue weighted by molar-refractivity contribution is -0.131. The third-order valence-electron chi connectivity index (χ3n) is 3.60. The van der Waals surface area contributed by atoms with Crippen LogP contribution in [-0.4, -0.2) is 37.0 Å². The van der Waals surface area contributed by atoms with Gasteiger partial charge in [0.05, 0.1) is 6.42 Å². The topological polar surface area (TPSA) is 32.3 Å². The zero-order chi connectivity index (χ0) is 13.8. The van der Waals surface area contributed by atoms with Gasteiger partial charge in [0.25, 0.3) is 0 Å². The number of benzene rings is 1. The van der Waals surface area contributed by atoms with E-state index in [9.17, 15) is 13.6 Å². The Morgan fingerprint density at radius 3 is 2.74 bits per heavy atom. The molecule has 1 amide bonds. The molecular weight excluding hydrogens is 250 g/mol. The van der Waals surface area contributed by atoms with Crippen molar-refractivity contribution < 1.29 is 13.6 Å². The summed E-state index contributed by atoms with van der Waals surface area (Å²) >= 11 is 0. The van der Waals surface area contributed by atoms with Crippen LogP contribution >= 0.6 is 0 Å². The Kier molecular flexibility index (Phi) is 4.47. The summed E-state index contributed by atoms with van der Waals surface area (Å²) in [5.41, 5.74) is 0.116. The lowest BCUT2D eigenvalue weighted by Gasteiger charge is -2.31. The quantitative estimate of drug-likeness (QED) is 0.905. The molecule has 0 aliphatic carbocycles. The molecule has 1 aliphatic heterocycles. The molecule has 0 saturated carbocycles. The fraction of sp³-hybridized carbons (Fsp3) is 0.500. The molecule has 1 aliphatic rings. The second-order valence-electron chi connectivity index (χ2n) is 4.90. The summed E-state index contributed by atoms with van der Waals surface area (Å²) in [6.07, 6.45) is 1.70. The minimum absolute atomic E-state index is 0.0932. The fourth-order valence-corrected chi connectivity index (χ4v) is 2.36. The molecule has 0 radical (unpaired) electrons. The summed E-state index contributed by atoms with van der Waals surface area (Å²) in [6.45, 7) is 1.77. The molecule has 0 atom stereocenters. The van der Waals surface area contributed by atoms with E-state index in [0.717, 1.165) is 44.1 Å². The van der Waals surface area contributed by atoms with Gasteiger partial charge in [-0.25, -0.2) is 8.78 Å². The minimum atomic E-state index is -0.534. The Bertz CT molecular complexity index is 459. The molecule has 0 spiro atoms. The van der Waals surface area contributed by atoms with Crippen molar-refractivity contribution in [2.45, 2.75) is 25.3 Å². The number of amides is 1. The molecule has 1 fully saturated rings. The van der Waals surface area contributed by atoms with Gasteiger partial charge in [-0.05, 0) is 44.1 Å². The highest BCUT2D eigenvalue weighted by molar-refractivity contribution is 5.78. The Morgan fingerprint density at radius 1 is 1.37 bits per heavy atom. The van der Waals surface area contributed by atoms with Crippen LogP contribution in [0.3, 0.4) is 0 Å². The van der Waals surface area contributed by atoms with E-state index in [-0.39, 0.29) is 23.9 Å². The molecule has 1 aromatic carbocycles. The summed E-state index contributed by atoms with van der Waals surface area (Å²) in [4.78, 5) is 13.7. The maximum atomic E-state index is 13.5. The van der Waals surface area contributed by atoms with E-state index >= 15 is 0 Å². The number of hydrogen-bond donors (Lipinski definition) is 1. The van der Waals surface area contributed by atoms with Crippen molar-refractivity contribution in [3.05, 3.63) is 35.4 Å². The van der Waals surface area contributed by atoms with Crippen LogP contribution in [-0.2, 0) is 11.2 Å². The Balaban J connectivity index is 2.01. The number of carbonyl (C=O) groups is 1. The Labute approximate surface area is 111 Å². The first-order chi connectivity index (χ1) is 9.08. The smallest absolute Gasteiger partial charge is 0.227 e. The highest BCUT2D eigenvalue weighted by atomic mass is 19.1. The van der Waals surface area contributed by atoms with E-state index in [4.69, 9.17) is 0 Å². The van der Waals surface area contributed by atoms with Crippen LogP contribution in [0, 0.1) is 11.6 Å². The van der Waals surface area contributed by atoms with E-state index in [2.05, 4.69) is 5.32 Å². The van der Waals surface area contributed by atoms with Crippen LogP contribution < -0.4 is 5.32 Å². The van der Waals surface area contributed by atoms with Gasteiger partial charge in [-0.1, -0.05) is 0 Å². The van der Waals surface area contributed by atoms with Gasteiger partial charge in [0, 0.05) is 18.7 Å². The molecule has 1 heterocycles. The summed E-state index contributed by atoms with van der Waals surface area (Å²) < 4.78 is 26.5. The number of nitrogens with zero attached hydrogens (tertiary/aromatic N) is 1. The average Bonchev–Trinajstić information content (AvgIpc) is 2.43. The molecule has 3 nitrogen and oxygen atoms in total. The second-order valence-corrected chi connectivity index (χ2v) is 4.90. The van der Waals surface area contributed by atoms with E-state index in [1.807, 2.05) is 0 Å². The fourth-order valence-electron chi connectivity index (χ4n) is 2.36. The zero-order valence-electron chi connectivity index (χ0n) is 11.0. The summed E-state index contributed by atoms with van der Waals surface area (Å²) in [5.74, 6) is -1.22. The number of halogens is 2. The van der Waals surface area contributed by atoms with Gasteiger partial charge in [0.15, 0.2) is 0 Å². The highest BCUT2D eigenvalue weighted by Crippen LogP contribution is 2.15. The predicted octanol–water partition coefficient (Wildman–Crippen LogP) is 1.72. The van der Waals surface area contributed by atoms with E-state index in [1.54, 1.807) is 11.9 Å². The number of rotatable bonds is 3. The Hall–Kier alpha value is -1.49. The molecule has 0 bridgehead atoms. The van der Waals surface area contributed by atoms with E-state index in [1.165, 1.54) is 0 Å². The van der Waals surface area contributed by atoms with E-state index < -0.39 is 11.6 Å². The lowest BCUT2D eigenvalue weighted by atomic mass is 10.0. The standard InChI is InChI=1S/C14H18F2N2O/c1-18(12-4-6-17-7-5-12)14(19)9-10-8-11(15)2-3-13(10)16/h2-3,8,12,17H,4-7,9H2,1H3. The van der Waals surface area contributed by atoms with Crippen LogP contribution in [0.25, 0.3) is 0 Å². The molecule has 104 valence electrons. The van der Waals surface area contributed by atoms with Crippen molar-refractivity contribution in [2.75, 3.05) is 20.1 Å². The third kappa shape index (κ3) is 3.50. The molecule has 0 aromatic heterocycles. The maximum absolute atomic E-state index is 13.5. The maximum Gasteiger partial charge on any atom is 0.227 e. The number of hydrogen-bond acceptors (Lipinski definition) is 2. The van der Waals surface area contributed by atoms with Gasteiger partial charge in [0.1, 0.15) is 11.6 Å². The third-order valence-corrected chi connectivity index (χ3v) is 3.60. The summed E-state index contributed by atoms with van der Waals surface area (Å²) in [5, 5.41) is 3.23. The van der Waals surface area contributed by atoms with Gasteiger partial charge in [-0.3, -0.25) is 4.79 Å². The first-order valence-corrected chi connectivity index (χ1v) is 6.48. The first kappa shape index (κ1) is 13.9. The summed E-state index contributed by atoms with van der Waals surface area (Å²) in [7, 11) is 1.73. The first-order valence-electron chi connectivity index (χ1n) is 6.48. The van der Waals surface area contributed by atoms with Crippen LogP contribution in [0.5, 0.6) is 0 Å². The van der Waals surface area contributed by atoms with Crippen molar-refractivity contribution in [1.29, 1.82) is 0 Å². The molecule has 0 unspecified atom stereocenters. The van der Waals surface area contributed by atoms with Crippen molar-refractivity contribution in [1.82, 2.24) is 10.2 Å². The predicted molar refractivity (Wildman–Crippen MR) is 68.7 cm³/mol. The molecule has 19 heavy (non-hydrogen) atoms. The van der Waals surface area contributed by atoms with Crippen LogP contribution in [0.2, 0.25) is 0 Å². The molecular formula is C14H18F2N2O. The van der Waals surface area contributed by atoms with Crippen molar-refractivity contribution >= 4 is 5.91 Å². The summed E-state index contributed by atoms with van der Waals surface area (Å²) in [6, 6.07) is 3.39. The average molecular weight is 268 g/mol. The highest BCUT2D eigenvalue weighted by Gasteiger charge is 2.22. The SMILES string of the molecule is CN(C(=O)Cc1cc(F)ccc1F)C1CCNCC1. The molecule has 1 saturated heterocycles. The molecule has 5 heteroatoms. The number of nitrogens with one attached hydrogen (secondary N) is 1. The zero-order valence-corrected chi connectivity index (χ0v) is 11.0. The molecule has 1 N–H and O–H groups in total. The van der Waals surface area contributed by atoms with Gasteiger partial charge in [0.2, 0.25) is 5.91 Å². The number of likely N-dealkylation sites (N-methyl/N-ethyl adjacent to an activating group) is 1. The van der Waals surface area contributed by atoms with Crippen molar-refractivity contribution in [2.24, 2.45) is 0 Å². The van der Waals surface area contributed by atoms with Gasteiger partial charge in [-0.2, -0.15) is 0 Å². The van der Waals surface area contributed by atoms with Crippen LogP contribution in [0.15, 0.2) is 18.2 Å². The largest absolute Gasteiger partial charge is 0.342 e. The van der Waals surface area contributed by atoms with Gasteiger partial charge >= 0.3 is 0 Å². The lowest BCUT2D eigenvalue weighted by Crippen LogP contribution is -2.44. The molecule has 2 rings (SSSR count). The van der Waals surface area contributed by atoms with E-state index in [0.29, 0.717) is 0 Å². The number of carbonyl (C=O) groups excluding carboxylic acids is 1. The number of piperidine rings is 1. The van der Waals surface area contributed by atoms with Gasteiger partial charge in [-0.15, -0.1) is 0 Å². The van der Waals surface area contributed by atoms with Crippen molar-refractivity contribution in [3.63, 3.8) is 0 Å². The molecule has 1 aromatic rings. The Morgan fingerprint density at radius 2 is 2.05 bits per heavy atom. The van der Waals surface area contributed by atoms with Crippen LogP contribution in [0.1, 0.15) is 18.4 Å².